The van der Waals surface area contributed by atoms with Crippen LogP contribution in [-0.2, 0) is 6.54 Å². The highest BCUT2D eigenvalue weighted by molar-refractivity contribution is 5.36. The normalized spacial score (nSPS) is 10.3. The van der Waals surface area contributed by atoms with Gasteiger partial charge in [0.05, 0.1) is 6.61 Å². The second kappa shape index (κ2) is 7.56. The molecule has 2 aromatic rings. The van der Waals surface area contributed by atoms with E-state index < -0.39 is 0 Å². The molecule has 3 heteroatoms. The van der Waals surface area contributed by atoms with E-state index in [0.717, 1.165) is 36.8 Å². The molecule has 0 spiro atoms. The average Bonchev–Trinajstić information content (AvgIpc) is 2.49. The molecule has 0 heterocycles. The molecule has 2 aromatic carbocycles. The van der Waals surface area contributed by atoms with Gasteiger partial charge in [-0.15, -0.1) is 0 Å². The molecule has 0 amide bonds. The molecule has 0 unspecified atom stereocenters. The van der Waals surface area contributed by atoms with Crippen molar-refractivity contribution in [1.29, 1.82) is 0 Å². The van der Waals surface area contributed by atoms with Crippen molar-refractivity contribution in [3.05, 3.63) is 54.1 Å². The predicted molar refractivity (Wildman–Crippen MR) is 81.5 cm³/mol. The van der Waals surface area contributed by atoms with Gasteiger partial charge in [0, 0.05) is 6.54 Å². The van der Waals surface area contributed by atoms with E-state index in [-0.39, 0.29) is 0 Å². The monoisotopic (exact) mass is 271 g/mol. The molecule has 0 aromatic heterocycles. The Morgan fingerprint density at radius 1 is 0.850 bits per heavy atom. The minimum absolute atomic E-state index is 0.743. The van der Waals surface area contributed by atoms with Crippen molar-refractivity contribution in [2.45, 2.75) is 19.9 Å². The number of hydrogen-bond donors (Lipinski definition) is 1. The summed E-state index contributed by atoms with van der Waals surface area (Å²) in [6.07, 6.45) is 1.01. The maximum Gasteiger partial charge on any atom is 0.127 e. The van der Waals surface area contributed by atoms with E-state index in [9.17, 15) is 0 Å². The Kier molecular flexibility index (Phi) is 5.44. The fraction of sp³-hybridized carbons (Fsp3) is 0.294. The zero-order valence-corrected chi connectivity index (χ0v) is 12.1. The Morgan fingerprint density at radius 2 is 1.40 bits per heavy atom. The molecule has 0 fully saturated rings. The van der Waals surface area contributed by atoms with Gasteiger partial charge in [-0.3, -0.25) is 0 Å². The van der Waals surface area contributed by atoms with Gasteiger partial charge in [-0.1, -0.05) is 19.1 Å². The van der Waals surface area contributed by atoms with Crippen LogP contribution in [0.15, 0.2) is 48.5 Å². The molecule has 0 bridgehead atoms. The SMILES string of the molecule is CCCOc1ccc(Oc2ccc(CNC)cc2)cc1. The van der Waals surface area contributed by atoms with Crippen LogP contribution < -0.4 is 14.8 Å². The lowest BCUT2D eigenvalue weighted by Crippen LogP contribution is -2.04. The summed E-state index contributed by atoms with van der Waals surface area (Å²) >= 11 is 0. The molecule has 2 rings (SSSR count). The lowest BCUT2D eigenvalue weighted by Gasteiger charge is -2.08. The molecule has 1 N–H and O–H groups in total. The smallest absolute Gasteiger partial charge is 0.127 e. The van der Waals surface area contributed by atoms with E-state index in [0.29, 0.717) is 0 Å². The van der Waals surface area contributed by atoms with Crippen molar-refractivity contribution in [2.24, 2.45) is 0 Å². The molecule has 0 saturated carbocycles. The van der Waals surface area contributed by atoms with Crippen LogP contribution in [0.25, 0.3) is 0 Å². The van der Waals surface area contributed by atoms with Gasteiger partial charge in [0.15, 0.2) is 0 Å². The summed E-state index contributed by atoms with van der Waals surface area (Å²) in [7, 11) is 1.94. The Balaban J connectivity index is 1.95. The first-order chi connectivity index (χ1) is 9.81. The van der Waals surface area contributed by atoms with E-state index in [1.165, 1.54) is 5.56 Å². The zero-order valence-electron chi connectivity index (χ0n) is 12.1. The summed E-state index contributed by atoms with van der Waals surface area (Å²) in [4.78, 5) is 0. The Bertz CT molecular complexity index is 506. The third kappa shape index (κ3) is 4.28. The first kappa shape index (κ1) is 14.4. The van der Waals surface area contributed by atoms with Gasteiger partial charge < -0.3 is 14.8 Å². The number of rotatable bonds is 7. The van der Waals surface area contributed by atoms with E-state index in [2.05, 4.69) is 24.4 Å². The molecule has 0 atom stereocenters. The molecule has 3 nitrogen and oxygen atoms in total. The number of benzene rings is 2. The number of nitrogens with one attached hydrogen (secondary N) is 1. The Hall–Kier alpha value is -2.00. The average molecular weight is 271 g/mol. The Morgan fingerprint density at radius 3 is 1.95 bits per heavy atom. The number of hydrogen-bond acceptors (Lipinski definition) is 3. The maximum atomic E-state index is 5.79. The van der Waals surface area contributed by atoms with Gasteiger partial charge in [0.1, 0.15) is 17.2 Å². The zero-order chi connectivity index (χ0) is 14.2. The van der Waals surface area contributed by atoms with Crippen LogP contribution in [0.4, 0.5) is 0 Å². The van der Waals surface area contributed by atoms with Crippen molar-refractivity contribution in [3.63, 3.8) is 0 Å². The standard InChI is InChI=1S/C17H21NO2/c1-3-12-19-15-8-10-17(11-9-15)20-16-6-4-14(5-7-16)13-18-2/h4-11,18H,3,12-13H2,1-2H3. The fourth-order valence-corrected chi connectivity index (χ4v) is 1.84. The molecule has 0 aliphatic rings. The lowest BCUT2D eigenvalue weighted by atomic mass is 10.2. The van der Waals surface area contributed by atoms with Crippen molar-refractivity contribution >= 4 is 0 Å². The van der Waals surface area contributed by atoms with Crippen molar-refractivity contribution in [1.82, 2.24) is 5.32 Å². The third-order valence-corrected chi connectivity index (χ3v) is 2.84. The summed E-state index contributed by atoms with van der Waals surface area (Å²) in [5.74, 6) is 2.53. The summed E-state index contributed by atoms with van der Waals surface area (Å²) in [5.41, 5.74) is 1.24. The first-order valence-electron chi connectivity index (χ1n) is 6.96. The molecular weight excluding hydrogens is 250 g/mol. The van der Waals surface area contributed by atoms with Gasteiger partial charge in [-0.05, 0) is 55.4 Å². The van der Waals surface area contributed by atoms with Crippen LogP contribution >= 0.6 is 0 Å². The van der Waals surface area contributed by atoms with Crippen molar-refractivity contribution in [3.8, 4) is 17.2 Å². The topological polar surface area (TPSA) is 30.5 Å². The molecule has 0 radical (unpaired) electrons. The summed E-state index contributed by atoms with van der Waals surface area (Å²) in [5, 5.41) is 3.12. The maximum absolute atomic E-state index is 5.79. The van der Waals surface area contributed by atoms with Gasteiger partial charge in [0.25, 0.3) is 0 Å². The summed E-state index contributed by atoms with van der Waals surface area (Å²) in [6.45, 7) is 3.70. The van der Waals surface area contributed by atoms with Gasteiger partial charge in [0.2, 0.25) is 0 Å². The summed E-state index contributed by atoms with van der Waals surface area (Å²) < 4.78 is 11.3. The van der Waals surface area contributed by atoms with E-state index in [1.807, 2.05) is 43.4 Å². The minimum atomic E-state index is 0.743. The van der Waals surface area contributed by atoms with E-state index in [1.54, 1.807) is 0 Å². The van der Waals surface area contributed by atoms with Crippen molar-refractivity contribution < 1.29 is 9.47 Å². The quantitative estimate of drug-likeness (QED) is 0.826. The predicted octanol–water partition coefficient (Wildman–Crippen LogP) is 3.99. The molecule has 20 heavy (non-hydrogen) atoms. The van der Waals surface area contributed by atoms with Gasteiger partial charge in [-0.25, -0.2) is 0 Å². The molecule has 106 valence electrons. The molecule has 0 aliphatic heterocycles. The molecular formula is C17H21NO2. The second-order valence-electron chi connectivity index (χ2n) is 4.60. The molecule has 0 saturated heterocycles. The Labute approximate surface area is 120 Å². The second-order valence-corrected chi connectivity index (χ2v) is 4.60. The highest BCUT2D eigenvalue weighted by atomic mass is 16.5. The highest BCUT2D eigenvalue weighted by Crippen LogP contribution is 2.24. The van der Waals surface area contributed by atoms with Crippen LogP contribution in [0.5, 0.6) is 17.2 Å². The highest BCUT2D eigenvalue weighted by Gasteiger charge is 1.99. The van der Waals surface area contributed by atoms with Crippen LogP contribution in [0.3, 0.4) is 0 Å². The fourth-order valence-electron chi connectivity index (χ4n) is 1.84. The van der Waals surface area contributed by atoms with Crippen LogP contribution in [-0.4, -0.2) is 13.7 Å². The summed E-state index contributed by atoms with van der Waals surface area (Å²) in [6, 6.07) is 15.8. The lowest BCUT2D eigenvalue weighted by molar-refractivity contribution is 0.317. The number of ether oxygens (including phenoxy) is 2. The van der Waals surface area contributed by atoms with Gasteiger partial charge in [-0.2, -0.15) is 0 Å². The van der Waals surface area contributed by atoms with E-state index >= 15 is 0 Å². The van der Waals surface area contributed by atoms with Gasteiger partial charge >= 0.3 is 0 Å². The molecule has 0 aliphatic carbocycles. The van der Waals surface area contributed by atoms with Crippen LogP contribution in [0, 0.1) is 0 Å². The van der Waals surface area contributed by atoms with Crippen LogP contribution in [0.1, 0.15) is 18.9 Å². The van der Waals surface area contributed by atoms with Crippen LogP contribution in [0.2, 0.25) is 0 Å². The van der Waals surface area contributed by atoms with E-state index in [4.69, 9.17) is 9.47 Å². The largest absolute Gasteiger partial charge is 0.494 e. The third-order valence-electron chi connectivity index (χ3n) is 2.84. The van der Waals surface area contributed by atoms with Crippen molar-refractivity contribution in [2.75, 3.05) is 13.7 Å². The first-order valence-corrected chi connectivity index (χ1v) is 6.96. The minimum Gasteiger partial charge on any atom is -0.494 e.